The summed E-state index contributed by atoms with van der Waals surface area (Å²) in [4.78, 5) is 25.5. The maximum Gasteiger partial charge on any atom is 0.256 e. The van der Waals surface area contributed by atoms with Gasteiger partial charge in [0.05, 0.1) is 14.2 Å². The molecule has 3 aromatic carbocycles. The number of amides is 2. The van der Waals surface area contributed by atoms with Gasteiger partial charge < -0.3 is 20.1 Å². The first-order valence-electron chi connectivity index (χ1n) is 9.13. The van der Waals surface area contributed by atoms with E-state index < -0.39 is 0 Å². The Labute approximate surface area is 183 Å². The third kappa shape index (κ3) is 4.63. The van der Waals surface area contributed by atoms with E-state index in [0.29, 0.717) is 44.0 Å². The Morgan fingerprint density at radius 3 is 2.07 bits per heavy atom. The maximum absolute atomic E-state index is 12.8. The highest BCUT2D eigenvalue weighted by molar-refractivity contribution is 9.10. The number of para-hydroxylation sites is 1. The summed E-state index contributed by atoms with van der Waals surface area (Å²) in [7, 11) is 3.03. The van der Waals surface area contributed by atoms with Crippen molar-refractivity contribution in [3.05, 3.63) is 81.8 Å². The van der Waals surface area contributed by atoms with E-state index in [0.717, 1.165) is 0 Å². The topological polar surface area (TPSA) is 76.7 Å². The highest BCUT2D eigenvalue weighted by atomic mass is 79.9. The zero-order valence-corrected chi connectivity index (χ0v) is 18.4. The van der Waals surface area contributed by atoms with Gasteiger partial charge in [0.2, 0.25) is 0 Å². The molecule has 0 radical (unpaired) electrons. The van der Waals surface area contributed by atoms with Crippen LogP contribution in [-0.4, -0.2) is 26.0 Å². The van der Waals surface area contributed by atoms with E-state index >= 15 is 0 Å². The number of carbonyl (C=O) groups is 2. The molecule has 0 aliphatic carbocycles. The molecule has 30 heavy (non-hydrogen) atoms. The van der Waals surface area contributed by atoms with Gasteiger partial charge in [0.25, 0.3) is 11.8 Å². The minimum atomic E-state index is -0.345. The average molecular weight is 469 g/mol. The van der Waals surface area contributed by atoms with Crippen LogP contribution in [0.3, 0.4) is 0 Å². The van der Waals surface area contributed by atoms with Gasteiger partial charge in [0.1, 0.15) is 16.0 Å². The van der Waals surface area contributed by atoms with Gasteiger partial charge in [-0.1, -0.05) is 24.3 Å². The molecule has 0 saturated heterocycles. The Balaban J connectivity index is 1.85. The third-order valence-corrected chi connectivity index (χ3v) is 5.35. The highest BCUT2D eigenvalue weighted by Crippen LogP contribution is 2.36. The lowest BCUT2D eigenvalue weighted by Crippen LogP contribution is -2.17. The van der Waals surface area contributed by atoms with E-state index in [1.807, 2.05) is 30.3 Å². The van der Waals surface area contributed by atoms with Gasteiger partial charge in [-0.25, -0.2) is 0 Å². The maximum atomic E-state index is 12.8. The Bertz CT molecular complexity index is 1060. The second-order valence-electron chi connectivity index (χ2n) is 6.45. The number of benzene rings is 3. The number of anilines is 2. The zero-order valence-electron chi connectivity index (χ0n) is 16.8. The predicted octanol–water partition coefficient (Wildman–Crippen LogP) is 5.28. The normalized spacial score (nSPS) is 10.3. The summed E-state index contributed by atoms with van der Waals surface area (Å²) in [5.41, 5.74) is 2.75. The lowest BCUT2D eigenvalue weighted by molar-refractivity contribution is 0.101. The van der Waals surface area contributed by atoms with Crippen molar-refractivity contribution in [1.29, 1.82) is 0 Å². The van der Waals surface area contributed by atoms with Crippen LogP contribution in [0.4, 0.5) is 11.4 Å². The van der Waals surface area contributed by atoms with Gasteiger partial charge in [-0.3, -0.25) is 9.59 Å². The van der Waals surface area contributed by atoms with E-state index in [4.69, 9.17) is 9.47 Å². The monoisotopic (exact) mass is 468 g/mol. The summed E-state index contributed by atoms with van der Waals surface area (Å²) in [6.07, 6.45) is 0. The van der Waals surface area contributed by atoms with E-state index in [2.05, 4.69) is 26.6 Å². The standard InChI is InChI=1S/C23H21BrN2O4/c1-14-17(23(28)25-16-8-5-4-6-9-16)10-7-11-18(14)26-22(27)15-12-19(29-2)21(24)20(13-15)30-3/h4-13H,1-3H3,(H,25,28)(H,26,27). The molecule has 7 heteroatoms. The molecule has 0 aliphatic heterocycles. The first-order valence-corrected chi connectivity index (χ1v) is 9.92. The molecular weight excluding hydrogens is 448 g/mol. The predicted molar refractivity (Wildman–Crippen MR) is 121 cm³/mol. The minimum absolute atomic E-state index is 0.248. The van der Waals surface area contributed by atoms with Crippen molar-refractivity contribution in [1.82, 2.24) is 0 Å². The molecule has 2 N–H and O–H groups in total. The summed E-state index contributed by atoms with van der Waals surface area (Å²) < 4.78 is 11.2. The van der Waals surface area contributed by atoms with Gasteiger partial charge in [-0.15, -0.1) is 0 Å². The molecule has 3 aromatic rings. The van der Waals surface area contributed by atoms with Gasteiger partial charge in [-0.05, 0) is 64.8 Å². The largest absolute Gasteiger partial charge is 0.495 e. The molecule has 0 heterocycles. The number of ether oxygens (including phenoxy) is 2. The van der Waals surface area contributed by atoms with Crippen LogP contribution in [0.15, 0.2) is 65.1 Å². The Morgan fingerprint density at radius 1 is 0.833 bits per heavy atom. The molecular formula is C23H21BrN2O4. The third-order valence-electron chi connectivity index (χ3n) is 4.57. The van der Waals surface area contributed by atoms with Crippen molar-refractivity contribution < 1.29 is 19.1 Å². The number of carbonyl (C=O) groups excluding carboxylic acids is 2. The fourth-order valence-corrected chi connectivity index (χ4v) is 3.48. The molecule has 154 valence electrons. The number of methoxy groups -OCH3 is 2. The molecule has 0 aliphatic rings. The fraction of sp³-hybridized carbons (Fsp3) is 0.130. The smallest absolute Gasteiger partial charge is 0.256 e. The van der Waals surface area contributed by atoms with E-state index in [1.54, 1.807) is 37.3 Å². The van der Waals surface area contributed by atoms with Crippen LogP contribution in [0.2, 0.25) is 0 Å². The molecule has 0 unspecified atom stereocenters. The molecule has 0 saturated carbocycles. The summed E-state index contributed by atoms with van der Waals surface area (Å²) >= 11 is 3.39. The van der Waals surface area contributed by atoms with Crippen LogP contribution in [0.1, 0.15) is 26.3 Å². The van der Waals surface area contributed by atoms with Crippen LogP contribution >= 0.6 is 15.9 Å². The first-order chi connectivity index (χ1) is 14.4. The van der Waals surface area contributed by atoms with E-state index in [1.165, 1.54) is 14.2 Å². The molecule has 0 fully saturated rings. The molecule has 0 bridgehead atoms. The summed E-state index contributed by atoms with van der Waals surface area (Å²) in [6, 6.07) is 17.6. The lowest BCUT2D eigenvalue weighted by atomic mass is 10.1. The SMILES string of the molecule is COc1cc(C(=O)Nc2cccc(C(=O)Nc3ccccc3)c2C)cc(OC)c1Br. The van der Waals surface area contributed by atoms with Crippen LogP contribution in [0, 0.1) is 6.92 Å². The highest BCUT2D eigenvalue weighted by Gasteiger charge is 2.17. The van der Waals surface area contributed by atoms with Gasteiger partial charge in [0.15, 0.2) is 0 Å². The fourth-order valence-electron chi connectivity index (χ4n) is 2.93. The van der Waals surface area contributed by atoms with Crippen LogP contribution in [0.25, 0.3) is 0 Å². The quantitative estimate of drug-likeness (QED) is 0.515. The Kier molecular flexibility index (Phi) is 6.74. The van der Waals surface area contributed by atoms with Crippen molar-refractivity contribution in [3.8, 4) is 11.5 Å². The Morgan fingerprint density at radius 2 is 1.47 bits per heavy atom. The van der Waals surface area contributed by atoms with Crippen molar-refractivity contribution in [2.45, 2.75) is 6.92 Å². The molecule has 3 rings (SSSR count). The first kappa shape index (κ1) is 21.4. The number of rotatable bonds is 6. The molecule has 6 nitrogen and oxygen atoms in total. The second kappa shape index (κ2) is 9.45. The lowest BCUT2D eigenvalue weighted by Gasteiger charge is -2.14. The van der Waals surface area contributed by atoms with Gasteiger partial charge >= 0.3 is 0 Å². The minimum Gasteiger partial charge on any atom is -0.495 e. The van der Waals surface area contributed by atoms with Crippen LogP contribution in [-0.2, 0) is 0 Å². The number of hydrogen-bond acceptors (Lipinski definition) is 4. The summed E-state index contributed by atoms with van der Waals surface area (Å²) in [5.74, 6) is 0.365. The van der Waals surface area contributed by atoms with Gasteiger partial charge in [0, 0.05) is 22.5 Å². The number of nitrogens with one attached hydrogen (secondary N) is 2. The average Bonchev–Trinajstić information content (AvgIpc) is 2.75. The van der Waals surface area contributed by atoms with E-state index in [9.17, 15) is 9.59 Å². The molecule has 0 aromatic heterocycles. The van der Waals surface area contributed by atoms with Crippen LogP contribution in [0.5, 0.6) is 11.5 Å². The zero-order chi connectivity index (χ0) is 21.7. The summed E-state index contributed by atoms with van der Waals surface area (Å²) in [6.45, 7) is 1.79. The Hall–Kier alpha value is -3.32. The number of halogens is 1. The van der Waals surface area contributed by atoms with Gasteiger partial charge in [-0.2, -0.15) is 0 Å². The molecule has 0 spiro atoms. The van der Waals surface area contributed by atoms with Crippen molar-refractivity contribution >= 4 is 39.1 Å². The van der Waals surface area contributed by atoms with Crippen molar-refractivity contribution in [2.24, 2.45) is 0 Å². The molecule has 0 atom stereocenters. The molecule has 2 amide bonds. The number of hydrogen-bond donors (Lipinski definition) is 2. The van der Waals surface area contributed by atoms with E-state index in [-0.39, 0.29) is 11.8 Å². The van der Waals surface area contributed by atoms with Crippen LogP contribution < -0.4 is 20.1 Å². The van der Waals surface area contributed by atoms with Crippen molar-refractivity contribution in [2.75, 3.05) is 24.9 Å². The summed E-state index contributed by atoms with van der Waals surface area (Å²) in [5, 5.41) is 5.72. The second-order valence-corrected chi connectivity index (χ2v) is 7.24. The van der Waals surface area contributed by atoms with Crippen molar-refractivity contribution in [3.63, 3.8) is 0 Å².